The zero-order valence-corrected chi connectivity index (χ0v) is 18.6. The van der Waals surface area contributed by atoms with Crippen LogP contribution in [0.25, 0.3) is 0 Å². The van der Waals surface area contributed by atoms with E-state index in [9.17, 15) is 23.3 Å². The Hall–Kier alpha value is -3.76. The molecule has 0 bridgehead atoms. The fourth-order valence-corrected chi connectivity index (χ4v) is 3.95. The van der Waals surface area contributed by atoms with Gasteiger partial charge in [0.1, 0.15) is 5.75 Å². The van der Waals surface area contributed by atoms with Crippen LogP contribution in [0.4, 0.5) is 11.4 Å². The van der Waals surface area contributed by atoms with E-state index in [2.05, 4.69) is 10.0 Å². The van der Waals surface area contributed by atoms with Gasteiger partial charge in [0.05, 0.1) is 9.82 Å². The van der Waals surface area contributed by atoms with Crippen molar-refractivity contribution in [2.24, 2.45) is 0 Å². The number of nitro groups is 1. The molecule has 0 fully saturated rings. The van der Waals surface area contributed by atoms with Crippen molar-refractivity contribution in [1.29, 1.82) is 0 Å². The average Bonchev–Trinajstić information content (AvgIpc) is 2.80. The summed E-state index contributed by atoms with van der Waals surface area (Å²) < 4.78 is 33.0. The third kappa shape index (κ3) is 6.86. The first-order valence-corrected chi connectivity index (χ1v) is 11.6. The van der Waals surface area contributed by atoms with Gasteiger partial charge in [0.25, 0.3) is 11.6 Å². The van der Waals surface area contributed by atoms with Gasteiger partial charge >= 0.3 is 0 Å². The molecule has 0 heterocycles. The summed E-state index contributed by atoms with van der Waals surface area (Å²) in [6, 6.07) is 20.7. The predicted molar refractivity (Wildman–Crippen MR) is 124 cm³/mol. The number of carbonyl (C=O) groups is 1. The van der Waals surface area contributed by atoms with Gasteiger partial charge in [-0.05, 0) is 55.3 Å². The van der Waals surface area contributed by atoms with E-state index < -0.39 is 27.0 Å². The lowest BCUT2D eigenvalue weighted by Crippen LogP contribution is -2.30. The number of amides is 1. The van der Waals surface area contributed by atoms with Crippen LogP contribution >= 0.6 is 0 Å². The smallest absolute Gasteiger partial charge is 0.269 e. The fraction of sp³-hybridized carbons (Fsp3) is 0.174. The molecular formula is C23H23N3O6S. The molecule has 0 saturated carbocycles. The summed E-state index contributed by atoms with van der Waals surface area (Å²) in [6.07, 6.45) is -0.310. The van der Waals surface area contributed by atoms with Crippen molar-refractivity contribution in [1.82, 2.24) is 4.72 Å². The van der Waals surface area contributed by atoms with Gasteiger partial charge < -0.3 is 10.1 Å². The number of ether oxygens (including phenoxy) is 1. The maximum atomic E-state index is 12.5. The van der Waals surface area contributed by atoms with Gasteiger partial charge in [-0.25, -0.2) is 13.1 Å². The lowest BCUT2D eigenvalue weighted by Gasteiger charge is -2.15. The van der Waals surface area contributed by atoms with Gasteiger partial charge in [-0.1, -0.05) is 30.3 Å². The molecule has 0 spiro atoms. The number of nitro benzene ring substituents is 1. The number of hydrogen-bond acceptors (Lipinski definition) is 6. The minimum absolute atomic E-state index is 0.0796. The van der Waals surface area contributed by atoms with Gasteiger partial charge in [-0.3, -0.25) is 14.9 Å². The van der Waals surface area contributed by atoms with Crippen molar-refractivity contribution >= 4 is 27.3 Å². The predicted octanol–water partition coefficient (Wildman–Crippen LogP) is 3.52. The lowest BCUT2D eigenvalue weighted by atomic mass is 10.2. The fourth-order valence-electron chi connectivity index (χ4n) is 2.92. The lowest BCUT2D eigenvalue weighted by molar-refractivity contribution is -0.384. The Morgan fingerprint density at radius 3 is 2.24 bits per heavy atom. The van der Waals surface area contributed by atoms with Crippen LogP contribution in [0.15, 0.2) is 83.8 Å². The summed E-state index contributed by atoms with van der Waals surface area (Å²) in [4.78, 5) is 22.6. The molecule has 1 atom stereocenters. The van der Waals surface area contributed by atoms with E-state index >= 15 is 0 Å². The molecule has 0 aliphatic heterocycles. The summed E-state index contributed by atoms with van der Waals surface area (Å²) >= 11 is 0. The second-order valence-electron chi connectivity index (χ2n) is 7.16. The van der Waals surface area contributed by atoms with Crippen LogP contribution in [0, 0.1) is 10.1 Å². The first kappa shape index (κ1) is 23.9. The van der Waals surface area contributed by atoms with Crippen molar-refractivity contribution in [3.05, 3.63) is 94.5 Å². The van der Waals surface area contributed by atoms with E-state index in [4.69, 9.17) is 4.74 Å². The molecule has 0 aliphatic carbocycles. The summed E-state index contributed by atoms with van der Waals surface area (Å²) in [6.45, 7) is 1.80. The molecule has 10 heteroatoms. The van der Waals surface area contributed by atoms with Crippen molar-refractivity contribution in [2.75, 3.05) is 11.9 Å². The van der Waals surface area contributed by atoms with Gasteiger partial charge in [0.15, 0.2) is 6.10 Å². The average molecular weight is 470 g/mol. The summed E-state index contributed by atoms with van der Waals surface area (Å²) in [5, 5.41) is 13.3. The number of nitrogens with one attached hydrogen (secondary N) is 2. The zero-order chi connectivity index (χ0) is 23.8. The molecule has 172 valence electrons. The van der Waals surface area contributed by atoms with Gasteiger partial charge in [-0.15, -0.1) is 0 Å². The Kier molecular flexibility index (Phi) is 7.75. The van der Waals surface area contributed by atoms with Crippen LogP contribution in [0.5, 0.6) is 5.75 Å². The first-order valence-electron chi connectivity index (χ1n) is 10.1. The SMILES string of the molecule is CC(Oc1ccc([N+](=O)[O-])cc1)C(=O)Nc1ccc(S(=O)(=O)NCCc2ccccc2)cc1. The van der Waals surface area contributed by atoms with Crippen LogP contribution in [0.2, 0.25) is 0 Å². The number of non-ortho nitro benzene ring substituents is 1. The number of nitrogens with zero attached hydrogens (tertiary/aromatic N) is 1. The number of carbonyl (C=O) groups excluding carboxylic acids is 1. The molecule has 1 amide bonds. The maximum absolute atomic E-state index is 12.5. The molecule has 1 unspecified atom stereocenters. The molecule has 3 rings (SSSR count). The third-order valence-corrected chi connectivity index (χ3v) is 6.19. The quantitative estimate of drug-likeness (QED) is 0.345. The van der Waals surface area contributed by atoms with E-state index in [0.29, 0.717) is 17.9 Å². The molecule has 33 heavy (non-hydrogen) atoms. The molecular weight excluding hydrogens is 446 g/mol. The minimum atomic E-state index is -3.68. The van der Waals surface area contributed by atoms with Gasteiger partial charge in [0.2, 0.25) is 10.0 Å². The normalized spacial score (nSPS) is 12.0. The number of sulfonamides is 1. The second kappa shape index (κ2) is 10.7. The van der Waals surface area contributed by atoms with Crippen molar-refractivity contribution in [2.45, 2.75) is 24.3 Å². The van der Waals surface area contributed by atoms with Crippen molar-refractivity contribution in [3.63, 3.8) is 0 Å². The van der Waals surface area contributed by atoms with Gasteiger partial charge in [0, 0.05) is 24.4 Å². The molecule has 0 radical (unpaired) electrons. The third-order valence-electron chi connectivity index (χ3n) is 4.71. The number of anilines is 1. The Morgan fingerprint density at radius 2 is 1.64 bits per heavy atom. The van der Waals surface area contributed by atoms with Crippen molar-refractivity contribution in [3.8, 4) is 5.75 Å². The molecule has 0 saturated heterocycles. The standard InChI is InChI=1S/C23H23N3O6S/c1-17(32-21-11-9-20(10-12-21)26(28)29)23(27)25-19-7-13-22(14-8-19)33(30,31)24-16-15-18-5-3-2-4-6-18/h2-14,17,24H,15-16H2,1H3,(H,25,27). The first-order chi connectivity index (χ1) is 15.7. The molecule has 0 aliphatic rings. The van der Waals surface area contributed by atoms with Crippen LogP contribution < -0.4 is 14.8 Å². The Morgan fingerprint density at radius 1 is 1.00 bits per heavy atom. The number of benzene rings is 3. The van der Waals surface area contributed by atoms with Gasteiger partial charge in [-0.2, -0.15) is 0 Å². The molecule has 3 aromatic carbocycles. The second-order valence-corrected chi connectivity index (χ2v) is 8.93. The highest BCUT2D eigenvalue weighted by Gasteiger charge is 2.17. The van der Waals surface area contributed by atoms with Crippen molar-refractivity contribution < 1.29 is 22.9 Å². The maximum Gasteiger partial charge on any atom is 0.269 e. The molecule has 0 aromatic heterocycles. The molecule has 2 N–H and O–H groups in total. The van der Waals surface area contributed by atoms with E-state index in [1.54, 1.807) is 0 Å². The largest absolute Gasteiger partial charge is 0.481 e. The van der Waals surface area contributed by atoms with E-state index in [1.807, 2.05) is 30.3 Å². The zero-order valence-electron chi connectivity index (χ0n) is 17.8. The molecule has 9 nitrogen and oxygen atoms in total. The highest BCUT2D eigenvalue weighted by Crippen LogP contribution is 2.19. The monoisotopic (exact) mass is 469 g/mol. The van der Waals surface area contributed by atoms with E-state index in [-0.39, 0.29) is 17.1 Å². The van der Waals surface area contributed by atoms with E-state index in [0.717, 1.165) is 5.56 Å². The Bertz CT molecular complexity index is 1200. The topological polar surface area (TPSA) is 128 Å². The van der Waals surface area contributed by atoms with E-state index in [1.165, 1.54) is 55.5 Å². The number of rotatable bonds is 10. The molecule has 3 aromatic rings. The van der Waals surface area contributed by atoms with Crippen LogP contribution in [0.1, 0.15) is 12.5 Å². The highest BCUT2D eigenvalue weighted by atomic mass is 32.2. The Balaban J connectivity index is 1.53. The summed E-state index contributed by atoms with van der Waals surface area (Å²) in [5.41, 5.74) is 1.36. The van der Waals surface area contributed by atoms with Crippen LogP contribution in [-0.4, -0.2) is 31.9 Å². The summed E-state index contributed by atoms with van der Waals surface area (Å²) in [5.74, 6) is -0.142. The highest BCUT2D eigenvalue weighted by molar-refractivity contribution is 7.89. The van der Waals surface area contributed by atoms with Crippen LogP contribution in [0.3, 0.4) is 0 Å². The number of hydrogen-bond donors (Lipinski definition) is 2. The summed E-state index contributed by atoms with van der Waals surface area (Å²) in [7, 11) is -3.68. The minimum Gasteiger partial charge on any atom is -0.481 e. The Labute approximate surface area is 191 Å². The van der Waals surface area contributed by atoms with Crippen LogP contribution in [-0.2, 0) is 21.2 Å².